The van der Waals surface area contributed by atoms with Crippen LogP contribution >= 0.6 is 11.6 Å². The normalized spacial score (nSPS) is 11.5. The number of nitrogens with one attached hydrogen (secondary N) is 1. The van der Waals surface area contributed by atoms with E-state index in [9.17, 15) is 22.8 Å². The predicted molar refractivity (Wildman–Crippen MR) is 102 cm³/mol. The van der Waals surface area contributed by atoms with Crippen molar-refractivity contribution < 1.29 is 22.7 Å². The first-order valence-corrected chi connectivity index (χ1v) is 8.92. The number of nitrogens with zero attached hydrogens (tertiary/aromatic N) is 2. The van der Waals surface area contributed by atoms with Crippen molar-refractivity contribution in [3.63, 3.8) is 0 Å². The highest BCUT2D eigenvalue weighted by Gasteiger charge is 2.31. The molecule has 1 heterocycles. The second-order valence-corrected chi connectivity index (χ2v) is 6.58. The van der Waals surface area contributed by atoms with E-state index in [1.807, 2.05) is 6.92 Å². The Kier molecular flexibility index (Phi) is 5.78. The van der Waals surface area contributed by atoms with E-state index >= 15 is 0 Å². The zero-order valence-corrected chi connectivity index (χ0v) is 15.8. The molecule has 0 bridgehead atoms. The van der Waals surface area contributed by atoms with Crippen molar-refractivity contribution in [3.8, 4) is 5.75 Å². The van der Waals surface area contributed by atoms with Gasteiger partial charge in [-0.2, -0.15) is 0 Å². The van der Waals surface area contributed by atoms with Crippen molar-refractivity contribution in [1.29, 1.82) is 0 Å². The number of halogens is 4. The first-order chi connectivity index (χ1) is 13.7. The third kappa shape index (κ3) is 4.86. The standard InChI is InChI=1S/C19H15ClF3N3O3/c1-2-3-11-4-5-12(20)8-14(11)17(27)25-26-10-24-16-7-6-13(29-19(21,22)23)9-15(16)18(26)28/h4-10H,2-3H2,1H3,(H,25,27). The second-order valence-electron chi connectivity index (χ2n) is 6.14. The Bertz CT molecular complexity index is 1130. The van der Waals surface area contributed by atoms with Gasteiger partial charge >= 0.3 is 6.36 Å². The number of hydrogen-bond acceptors (Lipinski definition) is 4. The first-order valence-electron chi connectivity index (χ1n) is 8.55. The van der Waals surface area contributed by atoms with Crippen LogP contribution in [0.5, 0.6) is 5.75 Å². The molecule has 2 aromatic carbocycles. The molecule has 0 aliphatic heterocycles. The number of carbonyl (C=O) groups excluding carboxylic acids is 1. The van der Waals surface area contributed by atoms with Crippen molar-refractivity contribution in [1.82, 2.24) is 9.66 Å². The Balaban J connectivity index is 1.96. The van der Waals surface area contributed by atoms with Crippen molar-refractivity contribution in [2.75, 3.05) is 5.43 Å². The number of ether oxygens (including phenoxy) is 1. The van der Waals surface area contributed by atoms with Gasteiger partial charge in [0.15, 0.2) is 0 Å². The van der Waals surface area contributed by atoms with Crippen LogP contribution in [0.2, 0.25) is 5.02 Å². The highest BCUT2D eigenvalue weighted by atomic mass is 35.5. The Morgan fingerprint density at radius 1 is 1.24 bits per heavy atom. The van der Waals surface area contributed by atoms with Gasteiger partial charge < -0.3 is 4.74 Å². The lowest BCUT2D eigenvalue weighted by Gasteiger charge is -2.13. The fourth-order valence-corrected chi connectivity index (χ4v) is 2.97. The smallest absolute Gasteiger partial charge is 0.406 e. The summed E-state index contributed by atoms with van der Waals surface area (Å²) < 4.78 is 41.9. The maximum absolute atomic E-state index is 12.7. The van der Waals surface area contributed by atoms with Crippen molar-refractivity contribution in [2.24, 2.45) is 0 Å². The van der Waals surface area contributed by atoms with Crippen LogP contribution in [0.25, 0.3) is 10.9 Å². The van der Waals surface area contributed by atoms with Crippen LogP contribution in [0.3, 0.4) is 0 Å². The lowest BCUT2D eigenvalue weighted by Crippen LogP contribution is -2.33. The zero-order valence-electron chi connectivity index (χ0n) is 15.1. The number of aromatic nitrogens is 2. The number of benzene rings is 2. The maximum atomic E-state index is 12.7. The van der Waals surface area contributed by atoms with Crippen LogP contribution in [0.15, 0.2) is 47.5 Å². The minimum atomic E-state index is -4.90. The number of aryl methyl sites for hydroxylation is 1. The molecule has 10 heteroatoms. The SMILES string of the molecule is CCCc1ccc(Cl)cc1C(=O)Nn1cnc2ccc(OC(F)(F)F)cc2c1=O. The largest absolute Gasteiger partial charge is 0.573 e. The van der Waals surface area contributed by atoms with Crippen LogP contribution in [0, 0.1) is 0 Å². The summed E-state index contributed by atoms with van der Waals surface area (Å²) in [5.41, 5.74) is 2.84. The summed E-state index contributed by atoms with van der Waals surface area (Å²) in [4.78, 5) is 29.3. The van der Waals surface area contributed by atoms with Gasteiger partial charge in [-0.25, -0.2) is 9.66 Å². The lowest BCUT2D eigenvalue weighted by molar-refractivity contribution is -0.274. The van der Waals surface area contributed by atoms with Crippen molar-refractivity contribution in [3.05, 3.63) is 69.2 Å². The molecule has 0 fully saturated rings. The van der Waals surface area contributed by atoms with E-state index in [4.69, 9.17) is 11.6 Å². The van der Waals surface area contributed by atoms with Gasteiger partial charge in [0, 0.05) is 10.6 Å². The Hall–Kier alpha value is -3.07. The molecule has 152 valence electrons. The summed E-state index contributed by atoms with van der Waals surface area (Å²) >= 11 is 5.98. The third-order valence-electron chi connectivity index (χ3n) is 4.02. The van der Waals surface area contributed by atoms with Gasteiger partial charge in [0.1, 0.15) is 12.1 Å². The van der Waals surface area contributed by atoms with Gasteiger partial charge in [-0.05, 0) is 42.3 Å². The summed E-state index contributed by atoms with van der Waals surface area (Å²) in [7, 11) is 0. The zero-order chi connectivity index (χ0) is 21.2. The molecule has 3 aromatic rings. The lowest BCUT2D eigenvalue weighted by atomic mass is 10.0. The third-order valence-corrected chi connectivity index (χ3v) is 4.26. The van der Waals surface area contributed by atoms with Crippen molar-refractivity contribution in [2.45, 2.75) is 26.1 Å². The molecule has 0 aliphatic carbocycles. The average molecular weight is 426 g/mol. The minimum absolute atomic E-state index is 0.144. The van der Waals surface area contributed by atoms with Crippen LogP contribution in [0.4, 0.5) is 13.2 Å². The van der Waals surface area contributed by atoms with E-state index in [1.54, 1.807) is 12.1 Å². The Labute approximate surface area is 167 Å². The highest BCUT2D eigenvalue weighted by Crippen LogP contribution is 2.24. The number of hydrogen-bond donors (Lipinski definition) is 1. The van der Waals surface area contributed by atoms with Gasteiger partial charge in [0.2, 0.25) is 0 Å². The van der Waals surface area contributed by atoms with E-state index < -0.39 is 23.6 Å². The van der Waals surface area contributed by atoms with Crippen LogP contribution in [0.1, 0.15) is 29.3 Å². The van der Waals surface area contributed by atoms with E-state index in [1.165, 1.54) is 12.1 Å². The summed E-state index contributed by atoms with van der Waals surface area (Å²) in [6.07, 6.45) is -2.40. The van der Waals surface area contributed by atoms with Gasteiger partial charge in [0.25, 0.3) is 11.5 Å². The van der Waals surface area contributed by atoms with Gasteiger partial charge in [0.05, 0.1) is 10.9 Å². The molecule has 0 aliphatic rings. The van der Waals surface area contributed by atoms with Crippen LogP contribution < -0.4 is 15.7 Å². The molecule has 29 heavy (non-hydrogen) atoms. The second kappa shape index (κ2) is 8.12. The van der Waals surface area contributed by atoms with Gasteiger partial charge in [-0.1, -0.05) is 31.0 Å². The van der Waals surface area contributed by atoms with Crippen LogP contribution in [-0.2, 0) is 6.42 Å². The van der Waals surface area contributed by atoms with Crippen molar-refractivity contribution >= 4 is 28.4 Å². The summed E-state index contributed by atoms with van der Waals surface area (Å²) in [6.45, 7) is 1.95. The minimum Gasteiger partial charge on any atom is -0.406 e. The fraction of sp³-hybridized carbons (Fsp3) is 0.211. The molecule has 0 saturated heterocycles. The molecule has 0 spiro atoms. The fourth-order valence-electron chi connectivity index (χ4n) is 2.79. The molecule has 0 atom stereocenters. The van der Waals surface area contributed by atoms with E-state index in [0.29, 0.717) is 17.0 Å². The number of fused-ring (bicyclic) bond motifs is 1. The van der Waals surface area contributed by atoms with Crippen LogP contribution in [-0.4, -0.2) is 21.9 Å². The molecule has 3 rings (SSSR count). The molecule has 0 saturated carbocycles. The van der Waals surface area contributed by atoms with E-state index in [-0.39, 0.29) is 10.9 Å². The number of alkyl halides is 3. The molecule has 0 unspecified atom stereocenters. The molecule has 6 nitrogen and oxygen atoms in total. The summed E-state index contributed by atoms with van der Waals surface area (Å²) in [5, 5.41) is 0.211. The van der Waals surface area contributed by atoms with E-state index in [0.717, 1.165) is 35.1 Å². The summed E-state index contributed by atoms with van der Waals surface area (Å²) in [5.74, 6) is -1.16. The summed E-state index contributed by atoms with van der Waals surface area (Å²) in [6, 6.07) is 8.06. The molecular formula is C19H15ClF3N3O3. The van der Waals surface area contributed by atoms with E-state index in [2.05, 4.69) is 15.1 Å². The first kappa shape index (κ1) is 20.7. The molecule has 1 aromatic heterocycles. The topological polar surface area (TPSA) is 73.2 Å². The molecule has 0 radical (unpaired) electrons. The highest BCUT2D eigenvalue weighted by molar-refractivity contribution is 6.31. The molecule has 1 amide bonds. The average Bonchev–Trinajstić information content (AvgIpc) is 2.64. The quantitative estimate of drug-likeness (QED) is 0.662. The maximum Gasteiger partial charge on any atom is 0.573 e. The van der Waals surface area contributed by atoms with Gasteiger partial charge in [-0.15, -0.1) is 13.2 Å². The monoisotopic (exact) mass is 425 g/mol. The molecule has 1 N–H and O–H groups in total. The molecular weight excluding hydrogens is 411 g/mol. The Morgan fingerprint density at radius 3 is 2.69 bits per heavy atom. The Morgan fingerprint density at radius 2 is 2.00 bits per heavy atom. The number of amides is 1. The predicted octanol–water partition coefficient (Wildman–Crippen LogP) is 4.28. The number of carbonyl (C=O) groups is 1. The van der Waals surface area contributed by atoms with Gasteiger partial charge in [-0.3, -0.25) is 15.0 Å². The number of rotatable bonds is 5.